The van der Waals surface area contributed by atoms with Gasteiger partial charge >= 0.3 is 11.9 Å². The highest BCUT2D eigenvalue weighted by molar-refractivity contribution is 7.87. The minimum absolute atomic E-state index is 0.0981. The van der Waals surface area contributed by atoms with Crippen molar-refractivity contribution < 1.29 is 69.8 Å². The second-order valence-corrected chi connectivity index (χ2v) is 31.2. The zero-order valence-electron chi connectivity index (χ0n) is 55.8. The Labute approximate surface area is 544 Å². The Morgan fingerprint density at radius 2 is 0.888 bits per heavy atom. The molecule has 0 spiro atoms. The van der Waals surface area contributed by atoms with Gasteiger partial charge in [-0.05, 0) is 234 Å². The predicted molar refractivity (Wildman–Crippen MR) is 359 cm³/mol. The van der Waals surface area contributed by atoms with Crippen LogP contribution in [-0.4, -0.2) is 101 Å². The molecule has 504 valence electrons. The summed E-state index contributed by atoms with van der Waals surface area (Å²) in [5.74, 6) is 0.938. The molecule has 4 aromatic rings. The summed E-state index contributed by atoms with van der Waals surface area (Å²) < 4.78 is 83.5. The summed E-state index contributed by atoms with van der Waals surface area (Å²) in [6.45, 7) is 29.0. The Kier molecular flexibility index (Phi) is 34.5. The number of esters is 2. The van der Waals surface area contributed by atoms with Gasteiger partial charge in [0.25, 0.3) is 20.2 Å². The number of hydrogen-bond acceptors (Lipinski definition) is 13. The standard InChI is InChI=1S/C26H35ClO3.C18H28O3.C15H23ClO4S.C11H22O5S/c1-5-7-16-30-25(29)26(3,4)18-22(21-8-12-23(27)13-9-21)17-19(6-2)20-10-14-24(28)15-11-20;1-5-7-12-21-17(20)18(3,4)13-14(6-2)15-8-10-16(19)11-9-15;1-4-14(17)9-12(10-15(2,3)21(18,19)20)11-5-7-13(16)8-6-11;1-5-9-6-10(16-8(2)15-9)7-11(3,4)17(12,13)14/h8-15,19,22,28H,5-7,16-18H2,1-4H3;8-11,14,19H,5-7,12-13H2,1-4H3;5-8,12,14,17H,4,9-10H2,1-3H3,(H,18,19,20);8-10H,5-7H2,1-4H3,(H,12,13,14). The molecule has 0 aromatic heterocycles. The average Bonchev–Trinajstić information content (AvgIpc) is 1.26. The second kappa shape index (κ2) is 38.0. The zero-order chi connectivity index (χ0) is 67.6. The van der Waals surface area contributed by atoms with Crippen LogP contribution in [0.2, 0.25) is 10.0 Å². The van der Waals surface area contributed by atoms with Crippen LogP contribution in [0.4, 0.5) is 0 Å². The largest absolute Gasteiger partial charge is 0.508 e. The molecule has 1 aliphatic rings. The predicted octanol–water partition coefficient (Wildman–Crippen LogP) is 17.7. The molecule has 5 rings (SSSR count). The van der Waals surface area contributed by atoms with Crippen LogP contribution in [-0.2, 0) is 48.8 Å². The summed E-state index contributed by atoms with van der Waals surface area (Å²) in [6, 6.07) is 29.8. The number of hydrogen-bond donors (Lipinski definition) is 5. The number of carbonyl (C=O) groups is 2. The first-order valence-corrected chi connectivity index (χ1v) is 35.4. The third-order valence-electron chi connectivity index (χ3n) is 16.7. The fourth-order valence-electron chi connectivity index (χ4n) is 10.6. The minimum Gasteiger partial charge on any atom is -0.508 e. The van der Waals surface area contributed by atoms with Gasteiger partial charge < -0.3 is 34.3 Å². The maximum atomic E-state index is 12.8. The number of aliphatic hydroxyl groups excluding tert-OH is 1. The molecule has 1 aliphatic heterocycles. The van der Waals surface area contributed by atoms with Crippen LogP contribution in [0, 0.1) is 10.8 Å². The summed E-state index contributed by atoms with van der Waals surface area (Å²) in [7, 11) is -8.23. The van der Waals surface area contributed by atoms with Crippen molar-refractivity contribution in [3.05, 3.63) is 129 Å². The first kappa shape index (κ1) is 80.8. The van der Waals surface area contributed by atoms with Gasteiger partial charge in [0, 0.05) is 16.5 Å². The third-order valence-corrected chi connectivity index (χ3v) is 20.3. The van der Waals surface area contributed by atoms with Crippen molar-refractivity contribution in [1.29, 1.82) is 0 Å². The maximum absolute atomic E-state index is 12.8. The van der Waals surface area contributed by atoms with Crippen LogP contribution in [0.15, 0.2) is 97.1 Å². The summed E-state index contributed by atoms with van der Waals surface area (Å²) in [5, 5.41) is 30.2. The number of phenols is 2. The van der Waals surface area contributed by atoms with Gasteiger partial charge in [0.2, 0.25) is 0 Å². The molecule has 0 radical (unpaired) electrons. The number of benzene rings is 4. The first-order valence-electron chi connectivity index (χ1n) is 31.7. The Morgan fingerprint density at radius 3 is 1.26 bits per heavy atom. The molecule has 8 atom stereocenters. The van der Waals surface area contributed by atoms with E-state index in [-0.39, 0.29) is 66.6 Å². The fourth-order valence-corrected chi connectivity index (χ4v) is 11.7. The number of halogens is 2. The smallest absolute Gasteiger partial charge is 0.311 e. The molecule has 8 unspecified atom stereocenters. The number of rotatable bonds is 30. The van der Waals surface area contributed by atoms with E-state index >= 15 is 0 Å². The highest BCUT2D eigenvalue weighted by Crippen LogP contribution is 2.42. The van der Waals surface area contributed by atoms with Crippen molar-refractivity contribution in [2.75, 3.05) is 13.2 Å². The van der Waals surface area contributed by atoms with Gasteiger partial charge in [-0.3, -0.25) is 18.7 Å². The number of carbonyl (C=O) groups excluding carboxylic acids is 2. The van der Waals surface area contributed by atoms with Crippen molar-refractivity contribution in [3.8, 4) is 11.5 Å². The summed E-state index contributed by atoms with van der Waals surface area (Å²) >= 11 is 12.0. The summed E-state index contributed by atoms with van der Waals surface area (Å²) in [6.07, 6.45) is 10.3. The molecule has 1 heterocycles. The van der Waals surface area contributed by atoms with Gasteiger partial charge in [-0.15, -0.1) is 0 Å². The van der Waals surface area contributed by atoms with Crippen LogP contribution in [0.3, 0.4) is 0 Å². The lowest BCUT2D eigenvalue weighted by atomic mass is 9.74. The van der Waals surface area contributed by atoms with E-state index in [1.165, 1.54) is 38.8 Å². The molecular formula is C70H108Cl2O15S2. The lowest BCUT2D eigenvalue weighted by Gasteiger charge is -2.36. The maximum Gasteiger partial charge on any atom is 0.311 e. The molecule has 0 bridgehead atoms. The van der Waals surface area contributed by atoms with E-state index in [1.54, 1.807) is 43.3 Å². The van der Waals surface area contributed by atoms with Gasteiger partial charge in [0.1, 0.15) is 11.5 Å². The zero-order valence-corrected chi connectivity index (χ0v) is 58.9. The molecule has 1 saturated heterocycles. The molecule has 1 fully saturated rings. The Hall–Kier alpha value is -4.30. The van der Waals surface area contributed by atoms with E-state index in [2.05, 4.69) is 39.8 Å². The Bertz CT molecular complexity index is 2900. The first-order chi connectivity index (χ1) is 41.4. The molecule has 89 heavy (non-hydrogen) atoms. The molecular weight excluding hydrogens is 1220 g/mol. The van der Waals surface area contributed by atoms with E-state index < -0.39 is 46.7 Å². The van der Waals surface area contributed by atoms with Crippen LogP contribution in [0.5, 0.6) is 11.5 Å². The van der Waals surface area contributed by atoms with Crippen molar-refractivity contribution in [3.63, 3.8) is 0 Å². The van der Waals surface area contributed by atoms with Crippen molar-refractivity contribution >= 4 is 55.4 Å². The van der Waals surface area contributed by atoms with Crippen LogP contribution in [0.25, 0.3) is 0 Å². The molecule has 0 aliphatic carbocycles. The molecule has 0 saturated carbocycles. The Morgan fingerprint density at radius 1 is 0.528 bits per heavy atom. The van der Waals surface area contributed by atoms with E-state index in [9.17, 15) is 46.3 Å². The van der Waals surface area contributed by atoms with Gasteiger partial charge in [-0.2, -0.15) is 16.8 Å². The topological polar surface area (TPSA) is 240 Å². The lowest BCUT2D eigenvalue weighted by molar-refractivity contribution is -0.236. The van der Waals surface area contributed by atoms with Gasteiger partial charge in [-0.25, -0.2) is 0 Å². The quantitative estimate of drug-likeness (QED) is 0.0185. The number of unbranched alkanes of at least 4 members (excludes halogenated alkanes) is 2. The number of aliphatic hydroxyl groups is 1. The summed E-state index contributed by atoms with van der Waals surface area (Å²) in [4.78, 5) is 25.0. The van der Waals surface area contributed by atoms with Crippen molar-refractivity contribution in [2.24, 2.45) is 10.8 Å². The van der Waals surface area contributed by atoms with Crippen LogP contribution < -0.4 is 0 Å². The van der Waals surface area contributed by atoms with E-state index in [0.717, 1.165) is 68.9 Å². The second-order valence-electron chi connectivity index (χ2n) is 26.2. The van der Waals surface area contributed by atoms with Crippen LogP contribution >= 0.6 is 23.2 Å². The minimum atomic E-state index is -4.16. The normalized spacial score (nSPS) is 17.4. The van der Waals surface area contributed by atoms with E-state index in [1.807, 2.05) is 90.1 Å². The lowest BCUT2D eigenvalue weighted by Crippen LogP contribution is -2.42. The average molecular weight is 1320 g/mol. The molecule has 0 amide bonds. The van der Waals surface area contributed by atoms with E-state index in [0.29, 0.717) is 60.8 Å². The summed E-state index contributed by atoms with van der Waals surface area (Å²) in [5.41, 5.74) is 3.38. The van der Waals surface area contributed by atoms with Crippen molar-refractivity contribution in [2.45, 2.75) is 258 Å². The number of phenolic OH excluding ortho intramolecular Hbond substituents is 2. The fraction of sp³-hybridized carbons (Fsp3) is 0.629. The van der Waals surface area contributed by atoms with Crippen molar-refractivity contribution in [1.82, 2.24) is 0 Å². The van der Waals surface area contributed by atoms with Gasteiger partial charge in [0.15, 0.2) is 6.29 Å². The molecule has 19 heteroatoms. The van der Waals surface area contributed by atoms with Gasteiger partial charge in [0.05, 0.1) is 51.8 Å². The van der Waals surface area contributed by atoms with Crippen LogP contribution in [0.1, 0.15) is 246 Å². The molecule has 4 aromatic carbocycles. The number of ether oxygens (including phenoxy) is 4. The Balaban J connectivity index is 0.000000414. The van der Waals surface area contributed by atoms with Gasteiger partial charge in [-0.1, -0.05) is 126 Å². The highest BCUT2D eigenvalue weighted by atomic mass is 35.5. The SMILES string of the molecule is CCC(O)CC(CC(C)(C)S(=O)(=O)O)c1ccc(Cl)cc1.CCC1CC(CC(C)(C)S(=O)(=O)O)OC(C)O1.CCCCOC(=O)C(C)(C)CC(CC(CC)c1ccc(O)cc1)c1ccc(Cl)cc1.CCCCOC(=O)C(C)(C)CC(CC)c1ccc(O)cc1. The number of aromatic hydroxyl groups is 2. The third kappa shape index (κ3) is 28.6. The molecule has 5 N–H and O–H groups in total. The van der Waals surface area contributed by atoms with E-state index in [4.69, 9.17) is 46.7 Å². The highest BCUT2D eigenvalue weighted by Gasteiger charge is 2.40. The molecule has 15 nitrogen and oxygen atoms in total. The monoisotopic (exact) mass is 1320 g/mol.